The number of piperidine rings is 1. The summed E-state index contributed by atoms with van der Waals surface area (Å²) in [6.07, 6.45) is 4.29. The number of nitrogens with zero attached hydrogens (tertiary/aromatic N) is 4. The average molecular weight is 305 g/mol. The van der Waals surface area contributed by atoms with E-state index in [9.17, 15) is 4.79 Å². The fourth-order valence-electron chi connectivity index (χ4n) is 3.17. The lowest BCUT2D eigenvalue weighted by Crippen LogP contribution is -2.47. The van der Waals surface area contributed by atoms with Crippen LogP contribution in [0, 0.1) is 5.41 Å². The first-order valence-electron chi connectivity index (χ1n) is 8.38. The van der Waals surface area contributed by atoms with Gasteiger partial charge in [-0.1, -0.05) is 20.8 Å². The maximum atomic E-state index is 12.1. The van der Waals surface area contributed by atoms with Crippen molar-refractivity contribution in [3.63, 3.8) is 0 Å². The SMILES string of the molecule is CC(C)(C)C(=O)NC1CCN(Cc2nnc3n2CCC3)CC1. The summed E-state index contributed by atoms with van der Waals surface area (Å²) in [7, 11) is 0. The van der Waals surface area contributed by atoms with Gasteiger partial charge in [0.2, 0.25) is 5.91 Å². The predicted molar refractivity (Wildman–Crippen MR) is 84.2 cm³/mol. The fraction of sp³-hybridized carbons (Fsp3) is 0.812. The lowest BCUT2D eigenvalue weighted by atomic mass is 9.94. The number of carbonyl (C=O) groups excluding carboxylic acids is 1. The van der Waals surface area contributed by atoms with Crippen molar-refractivity contribution in [1.82, 2.24) is 25.0 Å². The van der Waals surface area contributed by atoms with Crippen molar-refractivity contribution < 1.29 is 4.79 Å². The zero-order chi connectivity index (χ0) is 15.7. The number of hydrogen-bond acceptors (Lipinski definition) is 4. The lowest BCUT2D eigenvalue weighted by molar-refractivity contribution is -0.129. The van der Waals surface area contributed by atoms with E-state index in [0.29, 0.717) is 6.04 Å². The number of nitrogens with one attached hydrogen (secondary N) is 1. The second kappa shape index (κ2) is 5.99. The average Bonchev–Trinajstić information content (AvgIpc) is 3.05. The summed E-state index contributed by atoms with van der Waals surface area (Å²) in [6.45, 7) is 9.85. The van der Waals surface area contributed by atoms with Crippen LogP contribution in [0.2, 0.25) is 0 Å². The van der Waals surface area contributed by atoms with Crippen LogP contribution in [0.3, 0.4) is 0 Å². The normalized spacial score (nSPS) is 20.1. The minimum absolute atomic E-state index is 0.154. The number of aromatic nitrogens is 3. The van der Waals surface area contributed by atoms with E-state index in [0.717, 1.165) is 57.1 Å². The van der Waals surface area contributed by atoms with Gasteiger partial charge in [0.05, 0.1) is 6.54 Å². The van der Waals surface area contributed by atoms with Crippen LogP contribution in [-0.2, 0) is 24.3 Å². The lowest BCUT2D eigenvalue weighted by Gasteiger charge is -2.33. The van der Waals surface area contributed by atoms with Crippen molar-refractivity contribution in [3.05, 3.63) is 11.6 Å². The van der Waals surface area contributed by atoms with Crippen molar-refractivity contribution in [1.29, 1.82) is 0 Å². The molecule has 3 heterocycles. The Labute approximate surface area is 132 Å². The second-order valence-corrected chi connectivity index (χ2v) is 7.56. The first-order valence-corrected chi connectivity index (χ1v) is 8.38. The van der Waals surface area contributed by atoms with Crippen molar-refractivity contribution in [2.45, 2.75) is 65.6 Å². The quantitative estimate of drug-likeness (QED) is 0.915. The molecule has 1 N–H and O–H groups in total. The number of fused-ring (bicyclic) bond motifs is 1. The zero-order valence-corrected chi connectivity index (χ0v) is 13.9. The predicted octanol–water partition coefficient (Wildman–Crippen LogP) is 1.35. The molecule has 1 aromatic heterocycles. The molecule has 0 aromatic carbocycles. The molecule has 2 aliphatic heterocycles. The Morgan fingerprint density at radius 2 is 1.95 bits per heavy atom. The molecule has 0 bridgehead atoms. The molecule has 0 spiro atoms. The van der Waals surface area contributed by atoms with Crippen LogP contribution >= 0.6 is 0 Å². The third kappa shape index (κ3) is 3.32. The summed E-state index contributed by atoms with van der Waals surface area (Å²) < 4.78 is 2.27. The Balaban J connectivity index is 1.49. The molecule has 1 saturated heterocycles. The number of amides is 1. The van der Waals surface area contributed by atoms with Crippen LogP contribution in [-0.4, -0.2) is 44.7 Å². The van der Waals surface area contributed by atoms with E-state index >= 15 is 0 Å². The van der Waals surface area contributed by atoms with Gasteiger partial charge in [-0.05, 0) is 19.3 Å². The van der Waals surface area contributed by atoms with Crippen LogP contribution in [0.15, 0.2) is 0 Å². The van der Waals surface area contributed by atoms with Gasteiger partial charge in [0.15, 0.2) is 0 Å². The van der Waals surface area contributed by atoms with Gasteiger partial charge < -0.3 is 9.88 Å². The van der Waals surface area contributed by atoms with Crippen LogP contribution in [0.4, 0.5) is 0 Å². The number of hydrogen-bond donors (Lipinski definition) is 1. The van der Waals surface area contributed by atoms with Crippen LogP contribution < -0.4 is 5.32 Å². The summed E-state index contributed by atoms with van der Waals surface area (Å²) in [5.74, 6) is 2.40. The largest absolute Gasteiger partial charge is 0.353 e. The minimum atomic E-state index is -0.306. The van der Waals surface area contributed by atoms with Crippen LogP contribution in [0.25, 0.3) is 0 Å². The fourth-order valence-corrected chi connectivity index (χ4v) is 3.17. The summed E-state index contributed by atoms with van der Waals surface area (Å²) in [4.78, 5) is 14.5. The van der Waals surface area contributed by atoms with E-state index in [-0.39, 0.29) is 11.3 Å². The van der Waals surface area contributed by atoms with Gasteiger partial charge in [-0.3, -0.25) is 9.69 Å². The molecular weight excluding hydrogens is 278 g/mol. The monoisotopic (exact) mass is 305 g/mol. The molecule has 1 aromatic rings. The van der Waals surface area contributed by atoms with Crippen LogP contribution in [0.1, 0.15) is 51.7 Å². The maximum absolute atomic E-state index is 12.1. The molecule has 1 amide bonds. The molecule has 0 radical (unpaired) electrons. The maximum Gasteiger partial charge on any atom is 0.225 e. The van der Waals surface area contributed by atoms with Gasteiger partial charge in [-0.25, -0.2) is 0 Å². The van der Waals surface area contributed by atoms with E-state index in [1.807, 2.05) is 20.8 Å². The van der Waals surface area contributed by atoms with Crippen molar-refractivity contribution in [2.24, 2.45) is 5.41 Å². The van der Waals surface area contributed by atoms with Gasteiger partial charge in [0.25, 0.3) is 0 Å². The van der Waals surface area contributed by atoms with Crippen molar-refractivity contribution >= 4 is 5.91 Å². The molecule has 1 fully saturated rings. The van der Waals surface area contributed by atoms with Crippen LogP contribution in [0.5, 0.6) is 0 Å². The number of aryl methyl sites for hydroxylation is 1. The second-order valence-electron chi connectivity index (χ2n) is 7.56. The van der Waals surface area contributed by atoms with Gasteiger partial charge in [-0.2, -0.15) is 0 Å². The standard InChI is InChI=1S/C16H27N5O/c1-16(2,3)15(22)17-12-6-9-20(10-7-12)11-14-19-18-13-5-4-8-21(13)14/h12H,4-11H2,1-3H3,(H,17,22). The topological polar surface area (TPSA) is 63.1 Å². The molecule has 122 valence electrons. The van der Waals surface area contributed by atoms with E-state index in [1.165, 1.54) is 6.42 Å². The number of rotatable bonds is 3. The zero-order valence-electron chi connectivity index (χ0n) is 13.9. The summed E-state index contributed by atoms with van der Waals surface area (Å²) >= 11 is 0. The third-order valence-electron chi connectivity index (χ3n) is 4.66. The van der Waals surface area contributed by atoms with Gasteiger partial charge in [0, 0.05) is 37.5 Å². The van der Waals surface area contributed by atoms with Gasteiger partial charge >= 0.3 is 0 Å². The smallest absolute Gasteiger partial charge is 0.225 e. The molecule has 0 unspecified atom stereocenters. The Morgan fingerprint density at radius 3 is 2.64 bits per heavy atom. The molecule has 22 heavy (non-hydrogen) atoms. The molecule has 6 nitrogen and oxygen atoms in total. The molecule has 0 aliphatic carbocycles. The molecular formula is C16H27N5O. The molecule has 0 atom stereocenters. The first-order chi connectivity index (χ1) is 10.4. The molecule has 2 aliphatic rings. The summed E-state index contributed by atoms with van der Waals surface area (Å²) in [5, 5.41) is 11.8. The molecule has 0 saturated carbocycles. The summed E-state index contributed by atoms with van der Waals surface area (Å²) in [5.41, 5.74) is -0.306. The highest BCUT2D eigenvalue weighted by molar-refractivity contribution is 5.81. The van der Waals surface area contributed by atoms with Crippen molar-refractivity contribution in [3.8, 4) is 0 Å². The Kier molecular flexibility index (Phi) is 4.21. The Hall–Kier alpha value is -1.43. The van der Waals surface area contributed by atoms with E-state index in [1.54, 1.807) is 0 Å². The Morgan fingerprint density at radius 1 is 1.23 bits per heavy atom. The number of likely N-dealkylation sites (tertiary alicyclic amines) is 1. The highest BCUT2D eigenvalue weighted by Crippen LogP contribution is 2.19. The van der Waals surface area contributed by atoms with E-state index in [4.69, 9.17) is 0 Å². The van der Waals surface area contributed by atoms with Crippen molar-refractivity contribution in [2.75, 3.05) is 13.1 Å². The summed E-state index contributed by atoms with van der Waals surface area (Å²) in [6, 6.07) is 0.312. The third-order valence-corrected chi connectivity index (χ3v) is 4.66. The highest BCUT2D eigenvalue weighted by atomic mass is 16.2. The first kappa shape index (κ1) is 15.5. The molecule has 6 heteroatoms. The van der Waals surface area contributed by atoms with E-state index in [2.05, 4.69) is 25.0 Å². The van der Waals surface area contributed by atoms with E-state index < -0.39 is 0 Å². The minimum Gasteiger partial charge on any atom is -0.353 e. The van der Waals surface area contributed by atoms with Gasteiger partial charge in [0.1, 0.15) is 11.6 Å². The number of carbonyl (C=O) groups is 1. The Bertz CT molecular complexity index is 537. The van der Waals surface area contributed by atoms with Gasteiger partial charge in [-0.15, -0.1) is 10.2 Å². The molecule has 3 rings (SSSR count). The highest BCUT2D eigenvalue weighted by Gasteiger charge is 2.27.